The summed E-state index contributed by atoms with van der Waals surface area (Å²) in [7, 11) is 0. The van der Waals surface area contributed by atoms with Crippen LogP contribution in [-0.4, -0.2) is 174 Å². The molecule has 1 aliphatic heterocycles. The topological polar surface area (TPSA) is 312 Å². The van der Waals surface area contributed by atoms with Gasteiger partial charge in [-0.15, -0.1) is 0 Å². The van der Waals surface area contributed by atoms with E-state index in [1.54, 1.807) is 63.4 Å². The highest BCUT2D eigenvalue weighted by Gasteiger charge is 2.78. The van der Waals surface area contributed by atoms with E-state index in [1.165, 1.54) is 70.6 Å². The second-order valence-corrected chi connectivity index (χ2v) is 24.0. The predicted molar refractivity (Wildman–Crippen MR) is 294 cm³/mol. The zero-order valence-electron chi connectivity index (χ0n) is 48.1. The number of hydrogen-bond acceptors (Lipinski definition) is 21. The normalized spacial score (nSPS) is 27.5. The molecule has 2 amide bonds. The number of ether oxygens (including phenoxy) is 8. The Labute approximate surface area is 481 Å². The average Bonchev–Trinajstić information content (AvgIpc) is 2.84. The van der Waals surface area contributed by atoms with Crippen LogP contribution in [0.5, 0.6) is 0 Å². The van der Waals surface area contributed by atoms with Gasteiger partial charge in [0.2, 0.25) is 12.0 Å². The van der Waals surface area contributed by atoms with Gasteiger partial charge in [0, 0.05) is 50.2 Å². The average molecular weight is 1170 g/mol. The maximum absolute atomic E-state index is 15.3. The minimum atomic E-state index is -2.51. The van der Waals surface area contributed by atoms with Gasteiger partial charge in [-0.1, -0.05) is 62.4 Å². The van der Waals surface area contributed by atoms with Crippen LogP contribution in [-0.2, 0) is 71.5 Å². The zero-order chi connectivity index (χ0) is 60.5. The lowest BCUT2D eigenvalue weighted by molar-refractivity contribution is -0.346. The SMILES string of the molecule is CSCC(CC(=O)CCOCCOCCC(C)=O)C(=O)NCC(=O)O[C@@H](C(=O)O[C@H]1C[C@@]2(O)[C@@H](OC(=O)c3ccccc3)[C@@H]3[C@]4(OC(C)=O)CO[C@@H]4C[C@H](O)[C@@]3(C)C(=O)[C@H](O)C(=C1C)C2(C)C)[C@@H](NC(=O)OC(C)(C)C)c1ccccc1. The molecule has 1 unspecified atom stereocenters. The van der Waals surface area contributed by atoms with Gasteiger partial charge in [0.15, 0.2) is 11.4 Å². The largest absolute Gasteiger partial charge is 0.455 e. The molecular weight excluding hydrogens is 1090 g/mol. The first-order chi connectivity index (χ1) is 38.5. The first-order valence-electron chi connectivity index (χ1n) is 27.3. The Balaban J connectivity index is 1.36. The van der Waals surface area contributed by atoms with E-state index >= 15 is 9.59 Å². The summed E-state index contributed by atoms with van der Waals surface area (Å²) in [6.07, 6.45) is -10.7. The number of esters is 4. The van der Waals surface area contributed by atoms with Crippen LogP contribution < -0.4 is 10.6 Å². The van der Waals surface area contributed by atoms with Crippen LogP contribution in [0.15, 0.2) is 71.8 Å². The number of fused-ring (bicyclic) bond motifs is 5. The second kappa shape index (κ2) is 27.1. The van der Waals surface area contributed by atoms with Gasteiger partial charge >= 0.3 is 30.0 Å². The monoisotopic (exact) mass is 1170 g/mol. The van der Waals surface area contributed by atoms with E-state index in [1.807, 2.05) is 0 Å². The standard InChI is InChI=1S/C59H78N2O20S/c1-33(62)21-23-74-25-26-75-24-22-39(64)27-38(31-82-10)51(69)60-30-43(66)78-47(45(36-17-13-11-14-18-36)61-54(72)81-55(4,5)6)53(71)77-40-29-59(73)50(79-52(70)37-19-15-12-16-20-37)48-57(9,49(68)46(67)44(34(40)2)56(59,7)8)41(65)28-42-58(48,32-76-42)80-35(3)63/h11-20,38,40-42,45-48,50,65,67,73H,21-32H2,1-10H3,(H,60,69)(H,61,72)/t38?,40-,41-,42+,45-,46+,47+,48-,50-,57+,58-,59+/m0/s1. The Morgan fingerprint density at radius 2 is 1.49 bits per heavy atom. The van der Waals surface area contributed by atoms with Crippen LogP contribution in [0, 0.1) is 22.7 Å². The van der Waals surface area contributed by atoms with Crippen LogP contribution in [0.4, 0.5) is 4.79 Å². The predicted octanol–water partition coefficient (Wildman–Crippen LogP) is 4.27. The number of carbonyl (C=O) groups is 9. The molecule has 4 aliphatic rings. The van der Waals surface area contributed by atoms with Gasteiger partial charge in [-0.2, -0.15) is 11.8 Å². The zero-order valence-corrected chi connectivity index (χ0v) is 49.0. The number of rotatable bonds is 25. The summed E-state index contributed by atoms with van der Waals surface area (Å²) in [6.45, 7) is 12.7. The third kappa shape index (κ3) is 14.5. The number of amides is 2. The molecule has 5 N–H and O–H groups in total. The summed E-state index contributed by atoms with van der Waals surface area (Å²) in [6, 6.07) is 14.0. The molecular formula is C59H78N2O20S. The lowest BCUT2D eigenvalue weighted by Crippen LogP contribution is -2.81. The van der Waals surface area contributed by atoms with Crippen molar-refractivity contribution in [2.45, 2.75) is 154 Å². The maximum atomic E-state index is 15.3. The molecule has 450 valence electrons. The van der Waals surface area contributed by atoms with Gasteiger partial charge < -0.3 is 63.8 Å². The lowest BCUT2D eigenvalue weighted by atomic mass is 9.44. The molecule has 22 nitrogen and oxygen atoms in total. The first-order valence-corrected chi connectivity index (χ1v) is 28.7. The second-order valence-electron chi connectivity index (χ2n) is 23.1. The minimum Gasteiger partial charge on any atom is -0.455 e. The molecule has 0 radical (unpaired) electrons. The number of aliphatic hydroxyl groups is 3. The summed E-state index contributed by atoms with van der Waals surface area (Å²) in [5.41, 5.74) is -9.18. The van der Waals surface area contributed by atoms with E-state index in [2.05, 4.69) is 10.6 Å². The minimum absolute atomic E-state index is 0.00742. The summed E-state index contributed by atoms with van der Waals surface area (Å²) in [5, 5.41) is 43.5. The molecule has 1 heterocycles. The van der Waals surface area contributed by atoms with Crippen molar-refractivity contribution in [3.63, 3.8) is 0 Å². The molecule has 2 saturated carbocycles. The maximum Gasteiger partial charge on any atom is 0.408 e. The molecule has 6 rings (SSSR count). The van der Waals surface area contributed by atoms with E-state index < -0.39 is 137 Å². The van der Waals surface area contributed by atoms with E-state index in [-0.39, 0.29) is 98.3 Å². The molecule has 2 bridgehead atoms. The van der Waals surface area contributed by atoms with Gasteiger partial charge in [0.25, 0.3) is 0 Å². The Kier molecular flexibility index (Phi) is 21.5. The van der Waals surface area contributed by atoms with Crippen molar-refractivity contribution in [2.24, 2.45) is 22.7 Å². The summed E-state index contributed by atoms with van der Waals surface area (Å²) < 4.78 is 47.0. The summed E-state index contributed by atoms with van der Waals surface area (Å²) >= 11 is 1.29. The Morgan fingerprint density at radius 3 is 2.06 bits per heavy atom. The highest BCUT2D eigenvalue weighted by molar-refractivity contribution is 7.98. The number of benzene rings is 2. The fraction of sp³-hybridized carbons (Fsp3) is 0.610. The van der Waals surface area contributed by atoms with Gasteiger partial charge in [-0.25, -0.2) is 14.4 Å². The highest BCUT2D eigenvalue weighted by Crippen LogP contribution is 2.64. The van der Waals surface area contributed by atoms with Crippen LogP contribution in [0.3, 0.4) is 0 Å². The number of carbonyl (C=O) groups excluding carboxylic acids is 9. The number of Topliss-reactive ketones (excluding diaryl/α,β-unsaturated/α-hetero) is 3. The Hall–Kier alpha value is -6.08. The molecule has 0 aromatic heterocycles. The highest BCUT2D eigenvalue weighted by atomic mass is 32.2. The van der Waals surface area contributed by atoms with Gasteiger partial charge in [0.1, 0.15) is 59.8 Å². The van der Waals surface area contributed by atoms with Crippen molar-refractivity contribution in [2.75, 3.05) is 51.6 Å². The molecule has 23 heteroatoms. The number of alkyl carbamates (subject to hydrolysis) is 1. The van der Waals surface area contributed by atoms with Crippen LogP contribution >= 0.6 is 11.8 Å². The van der Waals surface area contributed by atoms with Gasteiger partial charge in [0.05, 0.1) is 62.0 Å². The fourth-order valence-corrected chi connectivity index (χ4v) is 12.4. The molecule has 82 heavy (non-hydrogen) atoms. The van der Waals surface area contributed by atoms with Crippen molar-refractivity contribution in [1.82, 2.24) is 10.6 Å². The van der Waals surface area contributed by atoms with Crippen LogP contribution in [0.2, 0.25) is 0 Å². The number of aliphatic hydroxyl groups excluding tert-OH is 2. The van der Waals surface area contributed by atoms with Crippen LogP contribution in [0.1, 0.15) is 116 Å². The van der Waals surface area contributed by atoms with Crippen molar-refractivity contribution in [1.29, 1.82) is 0 Å². The van der Waals surface area contributed by atoms with Gasteiger partial charge in [-0.3, -0.25) is 28.8 Å². The van der Waals surface area contributed by atoms with Crippen molar-refractivity contribution >= 4 is 65.0 Å². The number of thioether (sulfide) groups is 1. The molecule has 12 atom stereocenters. The molecule has 0 spiro atoms. The summed E-state index contributed by atoms with van der Waals surface area (Å²) in [5.74, 6) is -8.67. The van der Waals surface area contributed by atoms with E-state index in [0.29, 0.717) is 0 Å². The third-order valence-electron chi connectivity index (χ3n) is 15.9. The van der Waals surface area contributed by atoms with Crippen molar-refractivity contribution in [3.8, 4) is 0 Å². The quantitative estimate of drug-likeness (QED) is 0.0401. The van der Waals surface area contributed by atoms with Crippen LogP contribution in [0.25, 0.3) is 0 Å². The number of ketones is 3. The summed E-state index contributed by atoms with van der Waals surface area (Å²) in [4.78, 5) is 124. The Bertz CT molecular complexity index is 2710. The molecule has 3 fully saturated rings. The fourth-order valence-electron chi connectivity index (χ4n) is 11.7. The molecule has 3 aliphatic carbocycles. The van der Waals surface area contributed by atoms with E-state index in [9.17, 15) is 48.9 Å². The first kappa shape index (κ1) is 65.1. The molecule has 1 saturated heterocycles. The molecule has 2 aromatic rings. The number of hydrogen-bond donors (Lipinski definition) is 5. The Morgan fingerprint density at radius 1 is 0.866 bits per heavy atom. The van der Waals surface area contributed by atoms with Gasteiger partial charge in [-0.05, 0) is 76.6 Å². The smallest absolute Gasteiger partial charge is 0.408 e. The van der Waals surface area contributed by atoms with Crippen molar-refractivity contribution < 1.29 is 96.4 Å². The lowest BCUT2D eigenvalue weighted by Gasteiger charge is -2.67. The van der Waals surface area contributed by atoms with E-state index in [0.717, 1.165) is 6.92 Å². The van der Waals surface area contributed by atoms with Crippen molar-refractivity contribution in [3.05, 3.63) is 82.9 Å². The number of nitrogens with one attached hydrogen (secondary N) is 2. The third-order valence-corrected chi connectivity index (χ3v) is 16.7. The van der Waals surface area contributed by atoms with E-state index in [4.69, 9.17) is 37.9 Å². The molecule has 2 aromatic carbocycles.